The molecule has 1 rings (SSSR count). The van der Waals surface area contributed by atoms with Crippen LogP contribution in [0.1, 0.15) is 27.2 Å². The maximum atomic E-state index is 14.4. The summed E-state index contributed by atoms with van der Waals surface area (Å²) >= 11 is 1.23. The molecule has 4 atom stereocenters. The zero-order valence-corrected chi connectivity index (χ0v) is 16.3. The molecule has 1 N–H and O–H groups in total. The number of carbonyl (C=O) groups is 1. The van der Waals surface area contributed by atoms with Gasteiger partial charge in [-0.3, -0.25) is 4.79 Å². The van der Waals surface area contributed by atoms with Crippen LogP contribution < -0.4 is 0 Å². The summed E-state index contributed by atoms with van der Waals surface area (Å²) in [5, 5.41) is 9.29. The van der Waals surface area contributed by atoms with Gasteiger partial charge in [-0.25, -0.2) is 0 Å². The minimum Gasteiger partial charge on any atom is -0.448 e. The molecule has 4 unspecified atom stereocenters. The molecule has 0 bridgehead atoms. The number of ether oxygens (including phenoxy) is 2. The highest BCUT2D eigenvalue weighted by atomic mass is 127. The summed E-state index contributed by atoms with van der Waals surface area (Å²) in [5.74, 6) is -20.1. The van der Waals surface area contributed by atoms with Gasteiger partial charge in [0.15, 0.2) is 0 Å². The van der Waals surface area contributed by atoms with Crippen LogP contribution in [0.2, 0.25) is 0 Å². The minimum absolute atomic E-state index is 0.257. The van der Waals surface area contributed by atoms with Crippen molar-refractivity contribution < 1.29 is 63.3 Å². The molecule has 4 nitrogen and oxygen atoms in total. The van der Waals surface area contributed by atoms with Crippen molar-refractivity contribution in [3.8, 4) is 0 Å². The number of hydrogen-bond donors (Lipinski definition) is 1. The van der Waals surface area contributed by atoms with E-state index in [0.29, 0.717) is 0 Å². The number of alkyl halides is 11. The molecule has 1 aliphatic heterocycles. The maximum Gasteiger partial charge on any atom is 0.449 e. The fourth-order valence-electron chi connectivity index (χ4n) is 2.10. The van der Waals surface area contributed by atoms with Crippen LogP contribution in [-0.4, -0.2) is 56.2 Å². The van der Waals surface area contributed by atoms with Crippen molar-refractivity contribution in [2.75, 3.05) is 0 Å². The first-order valence-corrected chi connectivity index (χ1v) is 8.32. The molecule has 0 spiro atoms. The Morgan fingerprint density at radius 2 is 1.50 bits per heavy atom. The number of aliphatic hydroxyl groups is 1. The molecule has 0 amide bonds. The van der Waals surface area contributed by atoms with Crippen molar-refractivity contribution in [1.29, 1.82) is 0 Å². The van der Waals surface area contributed by atoms with Gasteiger partial charge in [0.05, 0.1) is 0 Å². The van der Waals surface area contributed by atoms with E-state index < -0.39 is 58.0 Å². The second-order valence-electron chi connectivity index (χ2n) is 6.36. The first-order valence-electron chi connectivity index (χ1n) is 7.24. The third kappa shape index (κ3) is 3.44. The van der Waals surface area contributed by atoms with Crippen LogP contribution in [0.5, 0.6) is 0 Å². The van der Waals surface area contributed by atoms with Gasteiger partial charge >= 0.3 is 36.0 Å². The standard InChI is InChI=1S/C13H13F10IO4/c1-4-7(2,24)6(25)27-5-9(14,15)8(3,12(18,19)20)28-11(26,10(5,16)17)13(21,22)23/h5,26H,4H2,1-3H3. The Kier molecular flexibility index (Phi) is 6.11. The lowest BCUT2D eigenvalue weighted by Crippen LogP contribution is -2.82. The van der Waals surface area contributed by atoms with Gasteiger partial charge in [0, 0.05) is 0 Å². The van der Waals surface area contributed by atoms with E-state index in [1.54, 1.807) is 0 Å². The van der Waals surface area contributed by atoms with Crippen molar-refractivity contribution in [3.63, 3.8) is 0 Å². The van der Waals surface area contributed by atoms with E-state index in [0.717, 1.165) is 6.92 Å². The minimum atomic E-state index is -6.66. The lowest BCUT2D eigenvalue weighted by molar-refractivity contribution is -0.537. The predicted molar refractivity (Wildman–Crippen MR) is 79.0 cm³/mol. The Balaban J connectivity index is 3.75. The second-order valence-corrected chi connectivity index (χ2v) is 8.74. The summed E-state index contributed by atoms with van der Waals surface area (Å²) in [6, 6.07) is 0. The topological polar surface area (TPSA) is 55.8 Å². The normalized spacial score (nSPS) is 35.2. The average Bonchev–Trinajstić information content (AvgIpc) is 2.47. The van der Waals surface area contributed by atoms with Gasteiger partial charge in [0.25, 0.3) is 0 Å². The highest BCUT2D eigenvalue weighted by molar-refractivity contribution is 14.1. The molecule has 1 heterocycles. The van der Waals surface area contributed by atoms with E-state index in [2.05, 4.69) is 9.47 Å². The summed E-state index contributed by atoms with van der Waals surface area (Å²) < 4.78 is 141. The Morgan fingerprint density at radius 1 is 1.07 bits per heavy atom. The molecule has 0 aromatic heterocycles. The molecule has 1 aliphatic rings. The van der Waals surface area contributed by atoms with E-state index in [1.165, 1.54) is 29.5 Å². The van der Waals surface area contributed by atoms with Crippen LogP contribution in [0.4, 0.5) is 43.9 Å². The van der Waals surface area contributed by atoms with E-state index >= 15 is 0 Å². The quantitative estimate of drug-likeness (QED) is 0.246. The molecule has 15 heteroatoms. The molecule has 166 valence electrons. The smallest absolute Gasteiger partial charge is 0.448 e. The number of esters is 1. The van der Waals surface area contributed by atoms with Crippen LogP contribution in [0, 0.1) is 0 Å². The van der Waals surface area contributed by atoms with Crippen LogP contribution in [-0.2, 0) is 14.3 Å². The van der Waals surface area contributed by atoms with Gasteiger partial charge in [-0.2, -0.15) is 43.9 Å². The van der Waals surface area contributed by atoms with E-state index in [9.17, 15) is 53.8 Å². The highest BCUT2D eigenvalue weighted by Gasteiger charge is 2.90. The van der Waals surface area contributed by atoms with Gasteiger partial charge in [0.2, 0.25) is 11.7 Å². The van der Waals surface area contributed by atoms with Gasteiger partial charge < -0.3 is 14.6 Å². The molecule has 0 saturated carbocycles. The van der Waals surface area contributed by atoms with Gasteiger partial charge in [-0.1, -0.05) is 29.5 Å². The lowest BCUT2D eigenvalue weighted by Gasteiger charge is -2.54. The summed E-state index contributed by atoms with van der Waals surface area (Å²) in [7, 11) is 0. The molecule has 28 heavy (non-hydrogen) atoms. The Morgan fingerprint density at radius 3 is 1.82 bits per heavy atom. The van der Waals surface area contributed by atoms with Crippen molar-refractivity contribution in [3.05, 3.63) is 0 Å². The molecule has 1 saturated heterocycles. The SMILES string of the molecule is CCC(C)(I)C(=O)OC1C(F)(F)C(C)(C(F)(F)F)OC(O)(C(F)(F)F)C1(F)F. The van der Waals surface area contributed by atoms with Gasteiger partial charge in [-0.05, 0) is 20.3 Å². The number of carbonyl (C=O) groups excluding carboxylic acids is 1. The van der Waals surface area contributed by atoms with Crippen LogP contribution in [0.15, 0.2) is 0 Å². The largest absolute Gasteiger partial charge is 0.449 e. The number of halogens is 11. The highest BCUT2D eigenvalue weighted by Crippen LogP contribution is 2.61. The number of rotatable bonds is 3. The van der Waals surface area contributed by atoms with Crippen molar-refractivity contribution in [2.24, 2.45) is 0 Å². The molecular weight excluding hydrogens is 537 g/mol. The van der Waals surface area contributed by atoms with Crippen molar-refractivity contribution in [2.45, 2.75) is 72.3 Å². The fourth-order valence-corrected chi connectivity index (χ4v) is 2.23. The third-order valence-corrected chi connectivity index (χ3v) is 5.54. The Labute approximate surface area is 164 Å². The monoisotopic (exact) mass is 550 g/mol. The van der Waals surface area contributed by atoms with E-state index in [4.69, 9.17) is 0 Å². The summed E-state index contributed by atoms with van der Waals surface area (Å²) in [4.78, 5) is 11.9. The Bertz CT molecular complexity index is 594. The lowest BCUT2D eigenvalue weighted by atomic mass is 9.81. The Hall–Kier alpha value is -0.580. The van der Waals surface area contributed by atoms with E-state index in [1.807, 2.05) is 0 Å². The van der Waals surface area contributed by atoms with Gasteiger partial charge in [0.1, 0.15) is 3.42 Å². The van der Waals surface area contributed by atoms with Crippen LogP contribution in [0.3, 0.4) is 0 Å². The van der Waals surface area contributed by atoms with Gasteiger partial charge in [-0.15, -0.1) is 0 Å². The summed E-state index contributed by atoms with van der Waals surface area (Å²) in [6.45, 7) is 1.55. The summed E-state index contributed by atoms with van der Waals surface area (Å²) in [6.07, 6.45) is -17.9. The second kappa shape index (κ2) is 6.72. The molecule has 0 aliphatic carbocycles. The van der Waals surface area contributed by atoms with Crippen molar-refractivity contribution in [1.82, 2.24) is 0 Å². The van der Waals surface area contributed by atoms with Crippen LogP contribution in [0.25, 0.3) is 0 Å². The fraction of sp³-hybridized carbons (Fsp3) is 0.923. The molecule has 0 aromatic carbocycles. The number of hydrogen-bond acceptors (Lipinski definition) is 4. The third-order valence-electron chi connectivity index (χ3n) is 4.34. The average molecular weight is 550 g/mol. The zero-order valence-electron chi connectivity index (χ0n) is 14.1. The zero-order chi connectivity index (χ0) is 22.8. The van der Waals surface area contributed by atoms with Crippen molar-refractivity contribution >= 4 is 28.6 Å². The molecule has 0 radical (unpaired) electrons. The molecule has 0 aromatic rings. The molecular formula is C13H13F10IO4. The maximum absolute atomic E-state index is 14.4. The van der Waals surface area contributed by atoms with Crippen LogP contribution >= 0.6 is 22.6 Å². The summed E-state index contributed by atoms with van der Waals surface area (Å²) in [5.41, 5.74) is -5.27. The first kappa shape index (κ1) is 25.5. The predicted octanol–water partition coefficient (Wildman–Crippen LogP) is 4.37. The first-order chi connectivity index (χ1) is 12.0. The van der Waals surface area contributed by atoms with E-state index in [-0.39, 0.29) is 6.42 Å². The molecule has 1 fully saturated rings.